The van der Waals surface area contributed by atoms with Gasteiger partial charge < -0.3 is 0 Å². The monoisotopic (exact) mass is 281 g/mol. The Hall–Kier alpha value is -1.16. The van der Waals surface area contributed by atoms with Gasteiger partial charge in [0.15, 0.2) is 0 Å². The van der Waals surface area contributed by atoms with E-state index in [9.17, 15) is 9.59 Å². The number of rotatable bonds is 2. The fourth-order valence-corrected chi connectivity index (χ4v) is 2.18. The molecular formula is C12H12BrNO2. The normalized spacial score (nSPS) is 18.0. The molecule has 2 amide bonds. The van der Waals surface area contributed by atoms with E-state index < -0.39 is 0 Å². The molecular weight excluding hydrogens is 270 g/mol. The van der Waals surface area contributed by atoms with Crippen molar-refractivity contribution in [1.82, 2.24) is 4.90 Å². The third kappa shape index (κ3) is 2.02. The fourth-order valence-electron chi connectivity index (χ4n) is 1.92. The number of amides is 2. The molecule has 1 aromatic carbocycles. The molecule has 1 aliphatic rings. The van der Waals surface area contributed by atoms with Crippen molar-refractivity contribution >= 4 is 27.7 Å². The summed E-state index contributed by atoms with van der Waals surface area (Å²) < 4.78 is 0.988. The molecule has 84 valence electrons. The lowest BCUT2D eigenvalue weighted by Gasteiger charge is -2.22. The highest BCUT2D eigenvalue weighted by Gasteiger charge is 2.33. The maximum atomic E-state index is 11.6. The first-order valence-corrected chi connectivity index (χ1v) is 5.99. The summed E-state index contributed by atoms with van der Waals surface area (Å²) in [4.78, 5) is 24.5. The Balaban J connectivity index is 2.24. The molecule has 0 bridgehead atoms. The largest absolute Gasteiger partial charge is 0.275 e. The van der Waals surface area contributed by atoms with Gasteiger partial charge in [0.05, 0.1) is 6.04 Å². The van der Waals surface area contributed by atoms with Gasteiger partial charge in [-0.15, -0.1) is 0 Å². The van der Waals surface area contributed by atoms with Gasteiger partial charge in [0.1, 0.15) is 0 Å². The first kappa shape index (κ1) is 11.3. The second kappa shape index (κ2) is 4.37. The van der Waals surface area contributed by atoms with E-state index in [0.717, 1.165) is 10.0 Å². The van der Waals surface area contributed by atoms with E-state index in [1.807, 2.05) is 31.2 Å². The highest BCUT2D eigenvalue weighted by molar-refractivity contribution is 9.10. The van der Waals surface area contributed by atoms with Crippen LogP contribution in [0.25, 0.3) is 0 Å². The molecule has 0 radical (unpaired) electrons. The lowest BCUT2D eigenvalue weighted by Crippen LogP contribution is -2.31. The van der Waals surface area contributed by atoms with Crippen LogP contribution in [-0.2, 0) is 9.59 Å². The zero-order chi connectivity index (χ0) is 11.7. The van der Waals surface area contributed by atoms with Gasteiger partial charge in [0, 0.05) is 17.3 Å². The molecule has 2 rings (SSSR count). The van der Waals surface area contributed by atoms with E-state index in [-0.39, 0.29) is 17.9 Å². The zero-order valence-corrected chi connectivity index (χ0v) is 10.5. The van der Waals surface area contributed by atoms with E-state index in [2.05, 4.69) is 15.9 Å². The van der Waals surface area contributed by atoms with Crippen LogP contribution >= 0.6 is 15.9 Å². The Kier molecular flexibility index (Phi) is 3.10. The van der Waals surface area contributed by atoms with Crippen molar-refractivity contribution < 1.29 is 9.59 Å². The average Bonchev–Trinajstić information content (AvgIpc) is 2.59. The molecule has 0 spiro atoms. The number of likely N-dealkylation sites (tertiary alicyclic amines) is 1. The van der Waals surface area contributed by atoms with Crippen LogP contribution < -0.4 is 0 Å². The molecule has 1 unspecified atom stereocenters. The molecule has 0 aromatic heterocycles. The second-order valence-corrected chi connectivity index (χ2v) is 4.80. The number of carbonyl (C=O) groups excluding carboxylic acids is 2. The van der Waals surface area contributed by atoms with E-state index in [1.54, 1.807) is 0 Å². The van der Waals surface area contributed by atoms with Crippen LogP contribution in [0.3, 0.4) is 0 Å². The van der Waals surface area contributed by atoms with Gasteiger partial charge >= 0.3 is 0 Å². The summed E-state index contributed by atoms with van der Waals surface area (Å²) in [5.74, 6) is -0.138. The van der Waals surface area contributed by atoms with E-state index in [4.69, 9.17) is 0 Å². The van der Waals surface area contributed by atoms with E-state index in [0.29, 0.717) is 12.8 Å². The predicted molar refractivity (Wildman–Crippen MR) is 63.6 cm³/mol. The first-order valence-electron chi connectivity index (χ1n) is 5.20. The van der Waals surface area contributed by atoms with Crippen molar-refractivity contribution in [3.63, 3.8) is 0 Å². The van der Waals surface area contributed by atoms with E-state index in [1.165, 1.54) is 4.90 Å². The van der Waals surface area contributed by atoms with Gasteiger partial charge in [0.25, 0.3) is 0 Å². The number of hydrogen-bond donors (Lipinski definition) is 0. The number of nitrogens with zero attached hydrogens (tertiary/aromatic N) is 1. The smallest absolute Gasteiger partial charge is 0.230 e. The molecule has 1 aromatic rings. The summed E-state index contributed by atoms with van der Waals surface area (Å²) in [6.07, 6.45) is 0.694. The number of halogens is 1. The molecule has 16 heavy (non-hydrogen) atoms. The minimum Gasteiger partial charge on any atom is -0.275 e. The maximum Gasteiger partial charge on any atom is 0.230 e. The van der Waals surface area contributed by atoms with Crippen molar-refractivity contribution in [2.45, 2.75) is 25.8 Å². The molecule has 1 heterocycles. The lowest BCUT2D eigenvalue weighted by molar-refractivity contribution is -0.140. The van der Waals surface area contributed by atoms with Crippen LogP contribution in [0, 0.1) is 0 Å². The van der Waals surface area contributed by atoms with E-state index >= 15 is 0 Å². The Morgan fingerprint density at radius 3 is 2.12 bits per heavy atom. The van der Waals surface area contributed by atoms with Crippen LogP contribution in [0.5, 0.6) is 0 Å². The second-order valence-electron chi connectivity index (χ2n) is 3.89. The molecule has 0 aliphatic carbocycles. The van der Waals surface area contributed by atoms with Crippen LogP contribution in [0.1, 0.15) is 31.4 Å². The van der Waals surface area contributed by atoms with Gasteiger partial charge in [-0.1, -0.05) is 28.1 Å². The minimum atomic E-state index is -0.171. The lowest BCUT2D eigenvalue weighted by atomic mass is 10.1. The van der Waals surface area contributed by atoms with Crippen LogP contribution in [-0.4, -0.2) is 16.7 Å². The molecule has 1 saturated heterocycles. The highest BCUT2D eigenvalue weighted by atomic mass is 79.9. The van der Waals surface area contributed by atoms with Crippen LogP contribution in [0.15, 0.2) is 28.7 Å². The quantitative estimate of drug-likeness (QED) is 0.782. The Morgan fingerprint density at radius 2 is 1.62 bits per heavy atom. The molecule has 1 aliphatic heterocycles. The third-order valence-corrected chi connectivity index (χ3v) is 3.36. The van der Waals surface area contributed by atoms with Gasteiger partial charge in [-0.05, 0) is 24.6 Å². The molecule has 0 N–H and O–H groups in total. The van der Waals surface area contributed by atoms with Crippen molar-refractivity contribution in [1.29, 1.82) is 0 Å². The summed E-state index contributed by atoms with van der Waals surface area (Å²) in [6.45, 7) is 1.88. The number of imide groups is 1. The Bertz CT molecular complexity index is 411. The van der Waals surface area contributed by atoms with Crippen LogP contribution in [0.4, 0.5) is 0 Å². The number of benzene rings is 1. The minimum absolute atomic E-state index is 0.0691. The van der Waals surface area contributed by atoms with Gasteiger partial charge in [-0.25, -0.2) is 0 Å². The number of hydrogen-bond acceptors (Lipinski definition) is 2. The van der Waals surface area contributed by atoms with Crippen molar-refractivity contribution in [2.24, 2.45) is 0 Å². The van der Waals surface area contributed by atoms with Gasteiger partial charge in [-0.3, -0.25) is 14.5 Å². The highest BCUT2D eigenvalue weighted by Crippen LogP contribution is 2.27. The predicted octanol–water partition coefficient (Wildman–Crippen LogP) is 2.66. The Morgan fingerprint density at radius 1 is 1.12 bits per heavy atom. The molecule has 0 saturated carbocycles. The maximum absolute atomic E-state index is 11.6. The molecule has 3 nitrogen and oxygen atoms in total. The molecule has 4 heteroatoms. The summed E-state index contributed by atoms with van der Waals surface area (Å²) in [7, 11) is 0. The standard InChI is InChI=1S/C12H12BrNO2/c1-8(9-2-4-10(13)5-3-9)14-11(15)6-7-12(14)16/h2-5,8H,6-7H2,1H3. The van der Waals surface area contributed by atoms with Crippen molar-refractivity contribution in [3.05, 3.63) is 34.3 Å². The molecule has 1 fully saturated rings. The number of carbonyl (C=O) groups is 2. The summed E-state index contributed by atoms with van der Waals surface area (Å²) in [6, 6.07) is 7.50. The summed E-state index contributed by atoms with van der Waals surface area (Å²) >= 11 is 3.35. The molecule has 1 atom stereocenters. The Labute approximate surface area is 103 Å². The topological polar surface area (TPSA) is 37.4 Å². The third-order valence-electron chi connectivity index (χ3n) is 2.83. The average molecular weight is 282 g/mol. The van der Waals surface area contributed by atoms with Gasteiger partial charge in [0.2, 0.25) is 11.8 Å². The van der Waals surface area contributed by atoms with Crippen molar-refractivity contribution in [2.75, 3.05) is 0 Å². The fraction of sp³-hybridized carbons (Fsp3) is 0.333. The summed E-state index contributed by atoms with van der Waals surface area (Å²) in [5, 5.41) is 0. The first-order chi connectivity index (χ1) is 7.59. The zero-order valence-electron chi connectivity index (χ0n) is 8.94. The van der Waals surface area contributed by atoms with Gasteiger partial charge in [-0.2, -0.15) is 0 Å². The SMILES string of the molecule is CC(c1ccc(Br)cc1)N1C(=O)CCC1=O. The summed E-state index contributed by atoms with van der Waals surface area (Å²) in [5.41, 5.74) is 0.979. The van der Waals surface area contributed by atoms with Crippen molar-refractivity contribution in [3.8, 4) is 0 Å². The van der Waals surface area contributed by atoms with Crippen LogP contribution in [0.2, 0.25) is 0 Å².